The molecule has 1 aromatic heterocycles. The van der Waals surface area contributed by atoms with E-state index in [1.165, 1.54) is 0 Å². The number of nitrogens with one attached hydrogen (secondary N) is 2. The van der Waals surface area contributed by atoms with Crippen molar-refractivity contribution in [2.75, 3.05) is 39.8 Å². The summed E-state index contributed by atoms with van der Waals surface area (Å²) in [6.45, 7) is 6.48. The molecule has 0 saturated carbocycles. The quantitative estimate of drug-likeness (QED) is 0.895. The Kier molecular flexibility index (Phi) is 4.93. The predicted molar refractivity (Wildman–Crippen MR) is 91.2 cm³/mol. The number of amides is 1. The zero-order valence-electron chi connectivity index (χ0n) is 13.9. The molecule has 1 atom stereocenters. The van der Waals surface area contributed by atoms with Gasteiger partial charge in [-0.15, -0.1) is 0 Å². The molecule has 0 radical (unpaired) electrons. The summed E-state index contributed by atoms with van der Waals surface area (Å²) >= 11 is 0. The zero-order valence-corrected chi connectivity index (χ0v) is 13.9. The molecule has 1 aliphatic heterocycles. The van der Waals surface area contributed by atoms with Gasteiger partial charge >= 0.3 is 0 Å². The molecule has 1 fully saturated rings. The number of benzene rings is 1. The zero-order chi connectivity index (χ0) is 16.2. The number of hydrogen-bond acceptors (Lipinski definition) is 4. The summed E-state index contributed by atoms with van der Waals surface area (Å²) in [6.07, 6.45) is 1.11. The van der Waals surface area contributed by atoms with E-state index in [1.807, 2.05) is 31.2 Å². The summed E-state index contributed by atoms with van der Waals surface area (Å²) in [4.78, 5) is 24.7. The maximum Gasteiger partial charge on any atom is 0.234 e. The first-order valence-corrected chi connectivity index (χ1v) is 8.27. The van der Waals surface area contributed by atoms with E-state index in [-0.39, 0.29) is 11.9 Å². The highest BCUT2D eigenvalue weighted by Crippen LogP contribution is 2.15. The Morgan fingerprint density at radius 3 is 2.96 bits per heavy atom. The second-order valence-electron chi connectivity index (χ2n) is 6.36. The molecule has 2 N–H and O–H groups in total. The van der Waals surface area contributed by atoms with Crippen LogP contribution in [-0.2, 0) is 4.79 Å². The normalized spacial score (nSPS) is 18.7. The van der Waals surface area contributed by atoms with Crippen LogP contribution in [0.1, 0.15) is 25.2 Å². The van der Waals surface area contributed by atoms with Gasteiger partial charge in [0.05, 0.1) is 23.6 Å². The average Bonchev–Trinajstić information content (AvgIpc) is 2.86. The topological polar surface area (TPSA) is 64.3 Å². The van der Waals surface area contributed by atoms with Gasteiger partial charge in [0.1, 0.15) is 5.82 Å². The molecule has 1 unspecified atom stereocenters. The Bertz CT molecular complexity index is 635. The van der Waals surface area contributed by atoms with Crippen LogP contribution < -0.4 is 5.32 Å². The summed E-state index contributed by atoms with van der Waals surface area (Å²) in [7, 11) is 2.13. The lowest BCUT2D eigenvalue weighted by Gasteiger charge is -2.20. The van der Waals surface area contributed by atoms with Crippen LogP contribution in [0.3, 0.4) is 0 Å². The number of para-hydroxylation sites is 2. The Hall–Kier alpha value is -1.92. The molecule has 0 bridgehead atoms. The van der Waals surface area contributed by atoms with Gasteiger partial charge in [0.15, 0.2) is 0 Å². The molecule has 1 saturated heterocycles. The minimum atomic E-state index is -0.121. The van der Waals surface area contributed by atoms with Crippen LogP contribution in [0, 0.1) is 0 Å². The number of H-pyrrole nitrogens is 1. The van der Waals surface area contributed by atoms with Crippen molar-refractivity contribution in [1.82, 2.24) is 25.1 Å². The van der Waals surface area contributed by atoms with Crippen molar-refractivity contribution in [1.29, 1.82) is 0 Å². The molecular weight excluding hydrogens is 290 g/mol. The molecule has 2 aromatic rings. The Morgan fingerprint density at radius 2 is 2.13 bits per heavy atom. The molecule has 3 rings (SSSR count). The molecule has 0 aliphatic carbocycles. The van der Waals surface area contributed by atoms with E-state index in [4.69, 9.17) is 0 Å². The van der Waals surface area contributed by atoms with Crippen molar-refractivity contribution in [3.8, 4) is 0 Å². The molecule has 2 heterocycles. The minimum Gasteiger partial charge on any atom is -0.345 e. The molecule has 6 nitrogen and oxygen atoms in total. The standard InChI is InChI=1S/C17H25N5O/c1-13(17-19-14-6-3-4-7-15(14)20-17)18-16(23)12-22-9-5-8-21(2)10-11-22/h3-4,6-7,13H,5,8-12H2,1-2H3,(H,18,23)(H,19,20). The molecule has 124 valence electrons. The van der Waals surface area contributed by atoms with Gasteiger partial charge in [-0.1, -0.05) is 12.1 Å². The number of imidazole rings is 1. The summed E-state index contributed by atoms with van der Waals surface area (Å²) in [5.74, 6) is 0.859. The van der Waals surface area contributed by atoms with Crippen molar-refractivity contribution in [2.24, 2.45) is 0 Å². The van der Waals surface area contributed by atoms with Crippen LogP contribution in [0.5, 0.6) is 0 Å². The SMILES string of the molecule is CC(NC(=O)CN1CCCN(C)CC1)c1nc2ccccc2[nH]1. The number of likely N-dealkylation sites (N-methyl/N-ethyl adjacent to an activating group) is 1. The first-order chi connectivity index (χ1) is 11.1. The van der Waals surface area contributed by atoms with Crippen molar-refractivity contribution in [3.63, 3.8) is 0 Å². The van der Waals surface area contributed by atoms with Crippen LogP contribution in [0.4, 0.5) is 0 Å². The highest BCUT2D eigenvalue weighted by molar-refractivity contribution is 5.79. The summed E-state index contributed by atoms with van der Waals surface area (Å²) in [5, 5.41) is 3.05. The Morgan fingerprint density at radius 1 is 1.30 bits per heavy atom. The number of fused-ring (bicyclic) bond motifs is 1. The van der Waals surface area contributed by atoms with E-state index >= 15 is 0 Å². The summed E-state index contributed by atoms with van der Waals surface area (Å²) in [6, 6.07) is 7.78. The number of aromatic nitrogens is 2. The third kappa shape index (κ3) is 4.09. The third-order valence-corrected chi connectivity index (χ3v) is 4.37. The lowest BCUT2D eigenvalue weighted by Crippen LogP contribution is -2.40. The van der Waals surface area contributed by atoms with Gasteiger partial charge in [-0.25, -0.2) is 4.98 Å². The van der Waals surface area contributed by atoms with Crippen LogP contribution in [0.25, 0.3) is 11.0 Å². The first kappa shape index (κ1) is 16.0. The monoisotopic (exact) mass is 315 g/mol. The minimum absolute atomic E-state index is 0.0579. The van der Waals surface area contributed by atoms with E-state index < -0.39 is 0 Å². The lowest BCUT2D eigenvalue weighted by molar-refractivity contribution is -0.122. The largest absolute Gasteiger partial charge is 0.345 e. The summed E-state index contributed by atoms with van der Waals surface area (Å²) in [5.41, 5.74) is 1.93. The van der Waals surface area contributed by atoms with Gasteiger partial charge in [-0.2, -0.15) is 0 Å². The Balaban J connectivity index is 1.56. The van der Waals surface area contributed by atoms with Crippen LogP contribution in [0.2, 0.25) is 0 Å². The Labute approximate surface area is 136 Å². The molecule has 23 heavy (non-hydrogen) atoms. The maximum atomic E-state index is 12.3. The van der Waals surface area contributed by atoms with E-state index in [0.29, 0.717) is 6.54 Å². The average molecular weight is 315 g/mol. The second-order valence-corrected chi connectivity index (χ2v) is 6.36. The first-order valence-electron chi connectivity index (χ1n) is 8.27. The molecule has 1 amide bonds. The molecular formula is C17H25N5O. The van der Waals surface area contributed by atoms with Crippen molar-refractivity contribution in [2.45, 2.75) is 19.4 Å². The third-order valence-electron chi connectivity index (χ3n) is 4.37. The van der Waals surface area contributed by atoms with E-state index in [2.05, 4.69) is 32.1 Å². The summed E-state index contributed by atoms with van der Waals surface area (Å²) < 4.78 is 0. The van der Waals surface area contributed by atoms with E-state index in [1.54, 1.807) is 0 Å². The van der Waals surface area contributed by atoms with E-state index in [9.17, 15) is 4.79 Å². The number of nitrogens with zero attached hydrogens (tertiary/aromatic N) is 3. The number of hydrogen-bond donors (Lipinski definition) is 2. The van der Waals surface area contributed by atoms with Gasteiger partial charge in [-0.3, -0.25) is 9.69 Å². The number of aromatic amines is 1. The lowest BCUT2D eigenvalue weighted by atomic mass is 10.3. The highest BCUT2D eigenvalue weighted by atomic mass is 16.2. The maximum absolute atomic E-state index is 12.3. The van der Waals surface area contributed by atoms with Crippen LogP contribution in [-0.4, -0.2) is 65.4 Å². The van der Waals surface area contributed by atoms with Gasteiger partial charge in [0.2, 0.25) is 5.91 Å². The fraction of sp³-hybridized carbons (Fsp3) is 0.529. The smallest absolute Gasteiger partial charge is 0.234 e. The van der Waals surface area contributed by atoms with Gasteiger partial charge in [-0.05, 0) is 45.6 Å². The number of carbonyl (C=O) groups is 1. The predicted octanol–water partition coefficient (Wildman–Crippen LogP) is 1.38. The number of rotatable bonds is 4. The van der Waals surface area contributed by atoms with Crippen LogP contribution >= 0.6 is 0 Å². The number of carbonyl (C=O) groups excluding carboxylic acids is 1. The van der Waals surface area contributed by atoms with Crippen molar-refractivity contribution in [3.05, 3.63) is 30.1 Å². The molecule has 1 aromatic carbocycles. The van der Waals surface area contributed by atoms with Gasteiger partial charge < -0.3 is 15.2 Å². The van der Waals surface area contributed by atoms with Crippen molar-refractivity contribution < 1.29 is 4.79 Å². The molecule has 0 spiro atoms. The van der Waals surface area contributed by atoms with Crippen molar-refractivity contribution >= 4 is 16.9 Å². The van der Waals surface area contributed by atoms with Crippen LogP contribution in [0.15, 0.2) is 24.3 Å². The van der Waals surface area contributed by atoms with Gasteiger partial charge in [0.25, 0.3) is 0 Å². The van der Waals surface area contributed by atoms with E-state index in [0.717, 1.165) is 49.5 Å². The molecule has 1 aliphatic rings. The fourth-order valence-electron chi connectivity index (χ4n) is 2.99. The van der Waals surface area contributed by atoms with Gasteiger partial charge in [0, 0.05) is 13.1 Å². The highest BCUT2D eigenvalue weighted by Gasteiger charge is 2.18. The molecule has 6 heteroatoms. The second kappa shape index (κ2) is 7.10. The fourth-order valence-corrected chi connectivity index (χ4v) is 2.99.